The lowest BCUT2D eigenvalue weighted by Gasteiger charge is -2.08. The molecular weight excluding hydrogens is 372 g/mol. The molecule has 2 aromatic carbocycles. The number of Topliss-reactive ketones (excluding diaryl/α,β-unsaturated/α-hetero) is 1. The van der Waals surface area contributed by atoms with E-state index in [2.05, 4.69) is 11.4 Å². The Kier molecular flexibility index (Phi) is 9.09. The summed E-state index contributed by atoms with van der Waals surface area (Å²) in [5, 5.41) is 12.0. The highest BCUT2D eigenvalue weighted by Crippen LogP contribution is 2.15. The molecule has 0 unspecified atom stereocenters. The average molecular weight is 397 g/mol. The summed E-state index contributed by atoms with van der Waals surface area (Å²) in [6.45, 7) is 2.58. The van der Waals surface area contributed by atoms with Crippen LogP contribution in [0.25, 0.3) is 0 Å². The molecule has 0 saturated heterocycles. The zero-order chi connectivity index (χ0) is 20.2. The minimum absolute atomic E-state index is 0.00792. The molecular formula is C22H24N2O3S. The van der Waals surface area contributed by atoms with Crippen molar-refractivity contribution in [2.45, 2.75) is 25.5 Å². The van der Waals surface area contributed by atoms with E-state index in [0.717, 1.165) is 17.1 Å². The third-order valence-electron chi connectivity index (χ3n) is 4.04. The van der Waals surface area contributed by atoms with Crippen LogP contribution < -0.4 is 10.1 Å². The Morgan fingerprint density at radius 1 is 1.14 bits per heavy atom. The quantitative estimate of drug-likeness (QED) is 0.459. The number of benzene rings is 2. The molecule has 1 N–H and O–H groups in total. The van der Waals surface area contributed by atoms with E-state index < -0.39 is 0 Å². The largest absolute Gasteiger partial charge is 0.494 e. The van der Waals surface area contributed by atoms with E-state index in [0.29, 0.717) is 42.9 Å². The van der Waals surface area contributed by atoms with Crippen LogP contribution >= 0.6 is 11.8 Å². The summed E-state index contributed by atoms with van der Waals surface area (Å²) in [7, 11) is 0. The number of thioether (sulfide) groups is 1. The van der Waals surface area contributed by atoms with E-state index in [1.807, 2.05) is 24.3 Å². The summed E-state index contributed by atoms with van der Waals surface area (Å²) in [5.74, 6) is 2.28. The predicted molar refractivity (Wildman–Crippen MR) is 112 cm³/mol. The molecule has 0 spiro atoms. The van der Waals surface area contributed by atoms with Gasteiger partial charge in [-0.15, -0.1) is 0 Å². The Labute approximate surface area is 170 Å². The van der Waals surface area contributed by atoms with Gasteiger partial charge in [0, 0.05) is 30.0 Å². The number of amides is 1. The van der Waals surface area contributed by atoms with Crippen LogP contribution in [0.2, 0.25) is 0 Å². The van der Waals surface area contributed by atoms with Crippen molar-refractivity contribution in [3.8, 4) is 11.8 Å². The normalized spacial score (nSPS) is 10.1. The number of carbonyl (C=O) groups is 2. The van der Waals surface area contributed by atoms with Crippen molar-refractivity contribution >= 4 is 23.5 Å². The predicted octanol–water partition coefficient (Wildman–Crippen LogP) is 3.97. The first-order valence-electron chi connectivity index (χ1n) is 9.16. The molecule has 6 heteroatoms. The second-order valence-corrected chi connectivity index (χ2v) is 7.31. The third kappa shape index (κ3) is 7.45. The molecule has 0 fully saturated rings. The van der Waals surface area contributed by atoms with E-state index in [1.165, 1.54) is 6.92 Å². The summed E-state index contributed by atoms with van der Waals surface area (Å²) < 4.78 is 5.58. The number of hydrogen-bond acceptors (Lipinski definition) is 5. The summed E-state index contributed by atoms with van der Waals surface area (Å²) in [4.78, 5) is 23.1. The van der Waals surface area contributed by atoms with E-state index >= 15 is 0 Å². The molecule has 0 atom stereocenters. The van der Waals surface area contributed by atoms with Gasteiger partial charge in [0.2, 0.25) is 5.91 Å². The zero-order valence-electron chi connectivity index (χ0n) is 15.9. The minimum Gasteiger partial charge on any atom is -0.494 e. The van der Waals surface area contributed by atoms with E-state index in [9.17, 15) is 9.59 Å². The monoisotopic (exact) mass is 396 g/mol. The number of ketones is 1. The Hall–Kier alpha value is -2.78. The first-order valence-corrected chi connectivity index (χ1v) is 10.3. The van der Waals surface area contributed by atoms with Gasteiger partial charge in [0.05, 0.1) is 18.2 Å². The Morgan fingerprint density at radius 3 is 2.61 bits per heavy atom. The first kappa shape index (κ1) is 21.5. The fourth-order valence-electron chi connectivity index (χ4n) is 2.50. The first-order chi connectivity index (χ1) is 13.6. The highest BCUT2D eigenvalue weighted by molar-refractivity contribution is 7.98. The summed E-state index contributed by atoms with van der Waals surface area (Å²) in [6.07, 6.45) is 1.04. The fraction of sp³-hybridized carbons (Fsp3) is 0.318. The zero-order valence-corrected chi connectivity index (χ0v) is 16.8. The molecule has 2 rings (SSSR count). The van der Waals surface area contributed by atoms with Gasteiger partial charge in [-0.05, 0) is 49.2 Å². The minimum atomic E-state index is 0.00792. The van der Waals surface area contributed by atoms with Crippen LogP contribution in [0, 0.1) is 11.3 Å². The Bertz CT molecular complexity index is 828. The molecule has 0 bridgehead atoms. The summed E-state index contributed by atoms with van der Waals surface area (Å²) >= 11 is 1.69. The van der Waals surface area contributed by atoms with Crippen LogP contribution in [0.4, 0.5) is 0 Å². The van der Waals surface area contributed by atoms with Gasteiger partial charge in [0.25, 0.3) is 0 Å². The van der Waals surface area contributed by atoms with Crippen molar-refractivity contribution in [2.75, 3.05) is 18.9 Å². The number of carbonyl (C=O) groups excluding carboxylic acids is 2. The topological polar surface area (TPSA) is 79.2 Å². The van der Waals surface area contributed by atoms with E-state index in [4.69, 9.17) is 10.00 Å². The van der Waals surface area contributed by atoms with Crippen molar-refractivity contribution < 1.29 is 14.3 Å². The van der Waals surface area contributed by atoms with Gasteiger partial charge in [-0.2, -0.15) is 17.0 Å². The second kappa shape index (κ2) is 11.8. The third-order valence-corrected chi connectivity index (χ3v) is 5.05. The van der Waals surface area contributed by atoms with Crippen molar-refractivity contribution in [3.63, 3.8) is 0 Å². The SMILES string of the molecule is CC(=O)c1ccc(OCCCC(=O)NCCSCc2ccccc2C#N)cc1. The highest BCUT2D eigenvalue weighted by atomic mass is 32.2. The van der Waals surface area contributed by atoms with Gasteiger partial charge in [-0.3, -0.25) is 9.59 Å². The maximum absolute atomic E-state index is 11.9. The van der Waals surface area contributed by atoms with Crippen molar-refractivity contribution in [1.29, 1.82) is 5.26 Å². The van der Waals surface area contributed by atoms with Crippen molar-refractivity contribution in [2.24, 2.45) is 0 Å². The number of nitrogens with one attached hydrogen (secondary N) is 1. The van der Waals surface area contributed by atoms with Crippen LogP contribution in [-0.2, 0) is 10.5 Å². The molecule has 0 aromatic heterocycles. The number of nitrogens with zero attached hydrogens (tertiary/aromatic N) is 1. The molecule has 0 heterocycles. The fourth-order valence-corrected chi connectivity index (χ4v) is 3.36. The van der Waals surface area contributed by atoms with E-state index in [-0.39, 0.29) is 11.7 Å². The molecule has 0 aliphatic heterocycles. The molecule has 0 aliphatic rings. The summed E-state index contributed by atoms with van der Waals surface area (Å²) in [6, 6.07) is 16.7. The molecule has 5 nitrogen and oxygen atoms in total. The molecule has 1 amide bonds. The highest BCUT2D eigenvalue weighted by Gasteiger charge is 2.04. The maximum Gasteiger partial charge on any atom is 0.220 e. The van der Waals surface area contributed by atoms with Gasteiger partial charge in [-0.1, -0.05) is 18.2 Å². The maximum atomic E-state index is 11.9. The second-order valence-electron chi connectivity index (χ2n) is 6.20. The van der Waals surface area contributed by atoms with Gasteiger partial charge in [0.15, 0.2) is 5.78 Å². The number of ether oxygens (including phenoxy) is 1. The lowest BCUT2D eigenvalue weighted by atomic mass is 10.1. The number of rotatable bonds is 11. The van der Waals surface area contributed by atoms with Crippen LogP contribution in [0.15, 0.2) is 48.5 Å². The lowest BCUT2D eigenvalue weighted by Crippen LogP contribution is -2.25. The lowest BCUT2D eigenvalue weighted by molar-refractivity contribution is -0.121. The Balaban J connectivity index is 1.54. The summed E-state index contributed by atoms with van der Waals surface area (Å²) in [5.41, 5.74) is 2.38. The number of nitriles is 1. The van der Waals surface area contributed by atoms with E-state index in [1.54, 1.807) is 36.0 Å². The van der Waals surface area contributed by atoms with Crippen LogP contribution in [0.3, 0.4) is 0 Å². The smallest absolute Gasteiger partial charge is 0.220 e. The molecule has 146 valence electrons. The molecule has 2 aromatic rings. The molecule has 0 saturated carbocycles. The van der Waals surface area contributed by atoms with Gasteiger partial charge in [0.1, 0.15) is 5.75 Å². The molecule has 28 heavy (non-hydrogen) atoms. The van der Waals surface area contributed by atoms with Crippen LogP contribution in [0.5, 0.6) is 5.75 Å². The average Bonchev–Trinajstić information content (AvgIpc) is 2.71. The molecule has 0 aliphatic carbocycles. The van der Waals surface area contributed by atoms with Crippen LogP contribution in [0.1, 0.15) is 41.3 Å². The van der Waals surface area contributed by atoms with Gasteiger partial charge >= 0.3 is 0 Å². The van der Waals surface area contributed by atoms with Gasteiger partial charge < -0.3 is 10.1 Å². The van der Waals surface area contributed by atoms with Gasteiger partial charge in [-0.25, -0.2) is 0 Å². The molecule has 0 radical (unpaired) electrons. The Morgan fingerprint density at radius 2 is 1.89 bits per heavy atom. The van der Waals surface area contributed by atoms with Crippen LogP contribution in [-0.4, -0.2) is 30.6 Å². The standard InChI is InChI=1S/C22H24N2O3S/c1-17(25)18-8-10-21(11-9-18)27-13-4-7-22(26)24-12-14-28-16-20-6-3-2-5-19(20)15-23/h2-3,5-6,8-11H,4,7,12-14,16H2,1H3,(H,24,26). The number of hydrogen-bond donors (Lipinski definition) is 1. The van der Waals surface area contributed by atoms with Crippen molar-refractivity contribution in [1.82, 2.24) is 5.32 Å². The van der Waals surface area contributed by atoms with Crippen molar-refractivity contribution in [3.05, 3.63) is 65.2 Å².